The average molecular weight is 264 g/mol. The van der Waals surface area contributed by atoms with Gasteiger partial charge in [0.15, 0.2) is 0 Å². The van der Waals surface area contributed by atoms with E-state index in [0.29, 0.717) is 0 Å². The molecule has 4 nitrogen and oxygen atoms in total. The second kappa shape index (κ2) is 5.52. The molecule has 0 atom stereocenters. The summed E-state index contributed by atoms with van der Waals surface area (Å²) in [6, 6.07) is 2.18. The van der Waals surface area contributed by atoms with Gasteiger partial charge in [0, 0.05) is 25.0 Å². The van der Waals surface area contributed by atoms with Crippen LogP contribution in [-0.2, 0) is 0 Å². The molecular weight excluding hydrogens is 244 g/mol. The highest BCUT2D eigenvalue weighted by atomic mass is 32.1. The van der Waals surface area contributed by atoms with Crippen molar-refractivity contribution < 1.29 is 0 Å². The lowest BCUT2D eigenvalue weighted by Crippen LogP contribution is -2.20. The number of anilines is 2. The third-order valence-corrected chi connectivity index (χ3v) is 3.70. The predicted molar refractivity (Wildman–Crippen MR) is 79.9 cm³/mol. The molecule has 2 rings (SSSR count). The molecule has 2 aromatic rings. The van der Waals surface area contributed by atoms with Crippen LogP contribution in [-0.4, -0.2) is 30.1 Å². The standard InChI is InChI=1S/C13H20N4S/c1-5-7-17(4)11-10-8-9(3)18-12(10)16-13(15-11)14-6-2/h8H,5-7H2,1-4H3,(H,14,15,16). The molecule has 0 fully saturated rings. The number of rotatable bonds is 5. The van der Waals surface area contributed by atoms with Crippen molar-refractivity contribution in [1.29, 1.82) is 0 Å². The van der Waals surface area contributed by atoms with Gasteiger partial charge in [-0.1, -0.05) is 6.92 Å². The SMILES string of the molecule is CCCN(C)c1nc(NCC)nc2sc(C)cc12. The smallest absolute Gasteiger partial charge is 0.226 e. The van der Waals surface area contributed by atoms with E-state index in [0.717, 1.165) is 41.5 Å². The van der Waals surface area contributed by atoms with Crippen molar-refractivity contribution in [2.75, 3.05) is 30.4 Å². The minimum atomic E-state index is 0.727. The first-order valence-corrected chi connectivity index (χ1v) is 7.20. The van der Waals surface area contributed by atoms with Crippen molar-refractivity contribution in [3.63, 3.8) is 0 Å². The maximum Gasteiger partial charge on any atom is 0.226 e. The van der Waals surface area contributed by atoms with Crippen LogP contribution in [0.5, 0.6) is 0 Å². The molecule has 0 unspecified atom stereocenters. The lowest BCUT2D eigenvalue weighted by atomic mass is 10.3. The zero-order chi connectivity index (χ0) is 13.1. The molecule has 0 aliphatic carbocycles. The minimum absolute atomic E-state index is 0.727. The van der Waals surface area contributed by atoms with Crippen molar-refractivity contribution in [1.82, 2.24) is 9.97 Å². The van der Waals surface area contributed by atoms with Gasteiger partial charge in [0.05, 0.1) is 5.39 Å². The van der Waals surface area contributed by atoms with Gasteiger partial charge < -0.3 is 10.2 Å². The maximum absolute atomic E-state index is 4.63. The molecule has 0 aromatic carbocycles. The van der Waals surface area contributed by atoms with Crippen LogP contribution in [0.25, 0.3) is 10.2 Å². The van der Waals surface area contributed by atoms with Gasteiger partial charge in [-0.15, -0.1) is 11.3 Å². The first-order valence-electron chi connectivity index (χ1n) is 6.38. The zero-order valence-corrected chi connectivity index (χ0v) is 12.3. The van der Waals surface area contributed by atoms with Gasteiger partial charge in [-0.3, -0.25) is 0 Å². The number of nitrogens with one attached hydrogen (secondary N) is 1. The summed E-state index contributed by atoms with van der Waals surface area (Å²) in [5.41, 5.74) is 0. The normalized spacial score (nSPS) is 10.9. The van der Waals surface area contributed by atoms with E-state index in [4.69, 9.17) is 0 Å². The second-order valence-corrected chi connectivity index (χ2v) is 5.63. The number of nitrogens with zero attached hydrogens (tertiary/aromatic N) is 3. The average Bonchev–Trinajstić information content (AvgIpc) is 2.69. The van der Waals surface area contributed by atoms with E-state index < -0.39 is 0 Å². The zero-order valence-electron chi connectivity index (χ0n) is 11.4. The van der Waals surface area contributed by atoms with E-state index in [1.54, 1.807) is 11.3 Å². The maximum atomic E-state index is 4.63. The van der Waals surface area contributed by atoms with E-state index >= 15 is 0 Å². The monoisotopic (exact) mass is 264 g/mol. The molecule has 0 saturated heterocycles. The summed E-state index contributed by atoms with van der Waals surface area (Å²) in [7, 11) is 2.09. The third-order valence-electron chi connectivity index (χ3n) is 2.75. The molecule has 2 aromatic heterocycles. The molecule has 5 heteroatoms. The first-order chi connectivity index (χ1) is 8.65. The Kier molecular flexibility index (Phi) is 4.01. The summed E-state index contributed by atoms with van der Waals surface area (Å²) in [5.74, 6) is 1.76. The van der Waals surface area contributed by atoms with Crippen LogP contribution in [0.3, 0.4) is 0 Å². The Morgan fingerprint density at radius 3 is 2.78 bits per heavy atom. The van der Waals surface area contributed by atoms with Gasteiger partial charge in [0.1, 0.15) is 10.6 Å². The molecule has 0 aliphatic heterocycles. The fourth-order valence-electron chi connectivity index (χ4n) is 2.00. The molecule has 18 heavy (non-hydrogen) atoms. The summed E-state index contributed by atoms with van der Waals surface area (Å²) < 4.78 is 0. The van der Waals surface area contributed by atoms with Crippen LogP contribution < -0.4 is 10.2 Å². The van der Waals surface area contributed by atoms with E-state index in [1.807, 2.05) is 0 Å². The molecule has 0 bridgehead atoms. The molecule has 1 N–H and O–H groups in total. The molecule has 0 amide bonds. The Balaban J connectivity index is 2.52. The lowest BCUT2D eigenvalue weighted by molar-refractivity contribution is 0.840. The molecule has 0 spiro atoms. The largest absolute Gasteiger partial charge is 0.359 e. The lowest BCUT2D eigenvalue weighted by Gasteiger charge is -2.18. The van der Waals surface area contributed by atoms with Crippen LogP contribution >= 0.6 is 11.3 Å². The second-order valence-electron chi connectivity index (χ2n) is 4.40. The van der Waals surface area contributed by atoms with E-state index in [2.05, 4.69) is 54.1 Å². The Labute approximate surface area is 112 Å². The number of hydrogen-bond acceptors (Lipinski definition) is 5. The van der Waals surface area contributed by atoms with E-state index in [1.165, 1.54) is 4.88 Å². The minimum Gasteiger partial charge on any atom is -0.359 e. The first kappa shape index (κ1) is 13.1. The Hall–Kier alpha value is -1.36. The van der Waals surface area contributed by atoms with Crippen LogP contribution in [0.2, 0.25) is 0 Å². The summed E-state index contributed by atoms with van der Waals surface area (Å²) in [5, 5.41) is 4.37. The quantitative estimate of drug-likeness (QED) is 0.900. The summed E-state index contributed by atoms with van der Waals surface area (Å²) in [4.78, 5) is 13.7. The van der Waals surface area contributed by atoms with Crippen LogP contribution in [0.1, 0.15) is 25.1 Å². The fraction of sp³-hybridized carbons (Fsp3) is 0.538. The van der Waals surface area contributed by atoms with Crippen LogP contribution in [0, 0.1) is 6.92 Å². The summed E-state index contributed by atoms with van der Waals surface area (Å²) in [6.45, 7) is 8.20. The number of fused-ring (bicyclic) bond motifs is 1. The van der Waals surface area contributed by atoms with Gasteiger partial charge >= 0.3 is 0 Å². The van der Waals surface area contributed by atoms with Crippen molar-refractivity contribution >= 4 is 33.3 Å². The Morgan fingerprint density at radius 2 is 2.11 bits per heavy atom. The van der Waals surface area contributed by atoms with E-state index in [9.17, 15) is 0 Å². The van der Waals surface area contributed by atoms with Gasteiger partial charge in [-0.25, -0.2) is 4.98 Å². The molecule has 0 radical (unpaired) electrons. The topological polar surface area (TPSA) is 41.1 Å². The van der Waals surface area contributed by atoms with Crippen molar-refractivity contribution in [3.8, 4) is 0 Å². The highest BCUT2D eigenvalue weighted by Crippen LogP contribution is 2.31. The Morgan fingerprint density at radius 1 is 1.33 bits per heavy atom. The highest BCUT2D eigenvalue weighted by molar-refractivity contribution is 7.18. The van der Waals surface area contributed by atoms with Crippen molar-refractivity contribution in [3.05, 3.63) is 10.9 Å². The van der Waals surface area contributed by atoms with Crippen molar-refractivity contribution in [2.45, 2.75) is 27.2 Å². The molecular formula is C13H20N4S. The van der Waals surface area contributed by atoms with Crippen LogP contribution in [0.15, 0.2) is 6.07 Å². The van der Waals surface area contributed by atoms with Gasteiger partial charge in [0.2, 0.25) is 5.95 Å². The van der Waals surface area contributed by atoms with E-state index in [-0.39, 0.29) is 0 Å². The number of aromatic nitrogens is 2. The highest BCUT2D eigenvalue weighted by Gasteiger charge is 2.13. The Bertz CT molecular complexity index is 535. The predicted octanol–water partition coefficient (Wildman–Crippen LogP) is 3.28. The fourth-order valence-corrected chi connectivity index (χ4v) is 2.87. The molecule has 2 heterocycles. The van der Waals surface area contributed by atoms with Gasteiger partial charge in [-0.2, -0.15) is 4.98 Å². The molecule has 98 valence electrons. The van der Waals surface area contributed by atoms with Gasteiger partial charge in [-0.05, 0) is 26.3 Å². The van der Waals surface area contributed by atoms with Gasteiger partial charge in [0.25, 0.3) is 0 Å². The molecule has 0 aliphatic rings. The summed E-state index contributed by atoms with van der Waals surface area (Å²) in [6.07, 6.45) is 1.11. The number of hydrogen-bond donors (Lipinski definition) is 1. The van der Waals surface area contributed by atoms with Crippen LogP contribution in [0.4, 0.5) is 11.8 Å². The number of aryl methyl sites for hydroxylation is 1. The number of thiophene rings is 1. The third kappa shape index (κ3) is 2.56. The molecule has 0 saturated carbocycles. The summed E-state index contributed by atoms with van der Waals surface area (Å²) >= 11 is 1.72. The van der Waals surface area contributed by atoms with Crippen molar-refractivity contribution in [2.24, 2.45) is 0 Å².